The van der Waals surface area contributed by atoms with Gasteiger partial charge >= 0.3 is 6.03 Å². The number of piperidine rings is 1. The second-order valence-electron chi connectivity index (χ2n) is 11.6. The number of fused-ring (bicyclic) bond motifs is 1. The summed E-state index contributed by atoms with van der Waals surface area (Å²) in [6, 6.07) is 26.9. The molecule has 0 unspecified atom stereocenters. The predicted molar refractivity (Wildman–Crippen MR) is 182 cm³/mol. The fourth-order valence-electron chi connectivity index (χ4n) is 6.26. The first kappa shape index (κ1) is 32.3. The number of carbonyl (C=O) groups excluding carboxylic acids is 2. The van der Waals surface area contributed by atoms with Crippen molar-refractivity contribution in [2.75, 3.05) is 45.6 Å². The Kier molecular flexibility index (Phi) is 10.6. The molecule has 1 atom stereocenters. The molecule has 0 saturated carbocycles. The number of hydrogen-bond donors (Lipinski definition) is 2. The van der Waals surface area contributed by atoms with Crippen LogP contribution < -0.4 is 10.6 Å². The normalized spacial score (nSPS) is 14.5. The molecule has 45 heavy (non-hydrogen) atoms. The van der Waals surface area contributed by atoms with E-state index in [-0.39, 0.29) is 17.9 Å². The van der Waals surface area contributed by atoms with Crippen molar-refractivity contribution in [3.63, 3.8) is 0 Å². The fraction of sp³-hybridized carbons (Fsp3) is 0.306. The monoisotopic (exact) mass is 641 g/mol. The number of nitriles is 1. The first-order valence-electron chi connectivity index (χ1n) is 15.2. The molecule has 1 heterocycles. The Hall–Kier alpha value is -4.09. The lowest BCUT2D eigenvalue weighted by Crippen LogP contribution is -2.36. The summed E-state index contributed by atoms with van der Waals surface area (Å²) in [6.45, 7) is 3.23. The molecule has 5 rings (SSSR count). The highest BCUT2D eigenvalue weighted by Gasteiger charge is 2.26. The summed E-state index contributed by atoms with van der Waals surface area (Å²) in [4.78, 5) is 30.0. The number of likely N-dealkylation sites (tertiary alicyclic amines) is 1. The van der Waals surface area contributed by atoms with Crippen molar-refractivity contribution in [2.24, 2.45) is 0 Å². The molecule has 1 fully saturated rings. The van der Waals surface area contributed by atoms with E-state index in [0.717, 1.165) is 60.9 Å². The van der Waals surface area contributed by atoms with Crippen LogP contribution in [0.4, 0.5) is 10.5 Å². The van der Waals surface area contributed by atoms with Crippen molar-refractivity contribution in [3.8, 4) is 6.07 Å². The van der Waals surface area contributed by atoms with Crippen molar-refractivity contribution in [3.05, 3.63) is 111 Å². The lowest BCUT2D eigenvalue weighted by molar-refractivity contribution is 0.0783. The van der Waals surface area contributed by atoms with Gasteiger partial charge in [-0.15, -0.1) is 0 Å². The maximum atomic E-state index is 13.8. The Bertz CT molecular complexity index is 1730. The summed E-state index contributed by atoms with van der Waals surface area (Å²) in [5, 5.41) is 17.9. The number of carbonyl (C=O) groups is 2. The van der Waals surface area contributed by atoms with E-state index in [1.807, 2.05) is 73.8 Å². The van der Waals surface area contributed by atoms with Gasteiger partial charge in [0.05, 0.1) is 21.7 Å². The number of hydrogen-bond acceptors (Lipinski definition) is 4. The highest BCUT2D eigenvalue weighted by molar-refractivity contribution is 6.42. The van der Waals surface area contributed by atoms with Crippen LogP contribution in [-0.2, 0) is 0 Å². The first-order valence-corrected chi connectivity index (χ1v) is 16.0. The smallest absolute Gasteiger partial charge is 0.318 e. The summed E-state index contributed by atoms with van der Waals surface area (Å²) in [5.41, 5.74) is 4.04. The van der Waals surface area contributed by atoms with E-state index in [1.54, 1.807) is 18.0 Å². The zero-order chi connectivity index (χ0) is 31.9. The number of benzene rings is 4. The van der Waals surface area contributed by atoms with E-state index in [0.29, 0.717) is 33.6 Å². The molecule has 9 heteroatoms. The van der Waals surface area contributed by atoms with Crippen LogP contribution in [0.5, 0.6) is 0 Å². The van der Waals surface area contributed by atoms with Gasteiger partial charge in [0, 0.05) is 37.8 Å². The number of urea groups is 1. The lowest BCUT2D eigenvalue weighted by atomic mass is 9.87. The minimum absolute atomic E-state index is 0.0225. The number of rotatable bonds is 9. The molecule has 232 valence electrons. The summed E-state index contributed by atoms with van der Waals surface area (Å²) >= 11 is 12.7. The van der Waals surface area contributed by atoms with E-state index in [1.165, 1.54) is 5.56 Å². The molecule has 4 aromatic rings. The fourth-order valence-corrected chi connectivity index (χ4v) is 6.57. The van der Waals surface area contributed by atoms with E-state index < -0.39 is 0 Å². The van der Waals surface area contributed by atoms with Gasteiger partial charge in [0.25, 0.3) is 5.91 Å². The van der Waals surface area contributed by atoms with Gasteiger partial charge in [-0.25, -0.2) is 4.79 Å². The minimum atomic E-state index is -0.220. The van der Waals surface area contributed by atoms with Gasteiger partial charge in [0.15, 0.2) is 0 Å². The Morgan fingerprint density at radius 1 is 1.00 bits per heavy atom. The Morgan fingerprint density at radius 2 is 1.73 bits per heavy atom. The van der Waals surface area contributed by atoms with E-state index in [4.69, 9.17) is 23.2 Å². The van der Waals surface area contributed by atoms with E-state index in [2.05, 4.69) is 27.7 Å². The maximum absolute atomic E-state index is 13.8. The Morgan fingerprint density at radius 3 is 2.47 bits per heavy atom. The van der Waals surface area contributed by atoms with Crippen molar-refractivity contribution < 1.29 is 9.59 Å². The molecule has 4 aromatic carbocycles. The molecule has 0 radical (unpaired) electrons. The lowest BCUT2D eigenvalue weighted by Gasteiger charge is -2.34. The van der Waals surface area contributed by atoms with Gasteiger partial charge in [0.2, 0.25) is 0 Å². The summed E-state index contributed by atoms with van der Waals surface area (Å²) < 4.78 is 0. The van der Waals surface area contributed by atoms with Crippen molar-refractivity contribution in [1.29, 1.82) is 5.26 Å². The largest absolute Gasteiger partial charge is 0.341 e. The van der Waals surface area contributed by atoms with Crippen LogP contribution >= 0.6 is 23.2 Å². The van der Waals surface area contributed by atoms with Gasteiger partial charge in [-0.05, 0) is 97.0 Å². The van der Waals surface area contributed by atoms with Crippen LogP contribution in [0.2, 0.25) is 10.0 Å². The second-order valence-corrected chi connectivity index (χ2v) is 12.4. The highest BCUT2D eigenvalue weighted by atomic mass is 35.5. The predicted octanol–water partition coefficient (Wildman–Crippen LogP) is 7.90. The highest BCUT2D eigenvalue weighted by Crippen LogP contribution is 2.34. The average Bonchev–Trinajstić information content (AvgIpc) is 3.07. The molecular weight excluding hydrogens is 605 g/mol. The van der Waals surface area contributed by atoms with Gasteiger partial charge in [-0.2, -0.15) is 5.26 Å². The average molecular weight is 643 g/mol. The number of nitrogens with one attached hydrogen (secondary N) is 2. The quantitative estimate of drug-likeness (QED) is 0.194. The third-order valence-electron chi connectivity index (χ3n) is 8.73. The molecule has 0 aromatic heterocycles. The van der Waals surface area contributed by atoms with Crippen molar-refractivity contribution in [2.45, 2.75) is 31.1 Å². The number of anilines is 1. The molecule has 0 spiro atoms. The first-order chi connectivity index (χ1) is 21.8. The SMILES string of the molecule is CNC(=O)Nc1ccccc1C1CCN(CC[C@H](CN(C)C(=O)c2cc(C#N)cc3ccccc23)c2ccc(Cl)c(Cl)c2)CC1. The van der Waals surface area contributed by atoms with Gasteiger partial charge in [0.1, 0.15) is 0 Å². The van der Waals surface area contributed by atoms with E-state index >= 15 is 0 Å². The number of nitrogens with zero attached hydrogens (tertiary/aromatic N) is 3. The third kappa shape index (κ3) is 7.77. The topological polar surface area (TPSA) is 88.5 Å². The Labute approximate surface area is 274 Å². The van der Waals surface area contributed by atoms with Gasteiger partial charge in [-0.3, -0.25) is 4.79 Å². The van der Waals surface area contributed by atoms with Gasteiger partial charge < -0.3 is 20.4 Å². The maximum Gasteiger partial charge on any atom is 0.318 e. The van der Waals surface area contributed by atoms with Crippen LogP contribution in [0.25, 0.3) is 10.8 Å². The van der Waals surface area contributed by atoms with Crippen LogP contribution in [0, 0.1) is 11.3 Å². The van der Waals surface area contributed by atoms with Gasteiger partial charge in [-0.1, -0.05) is 71.7 Å². The van der Waals surface area contributed by atoms with Crippen molar-refractivity contribution >= 4 is 51.6 Å². The molecular formula is C36H37Cl2N5O2. The standard InChI is InChI=1S/C36H37Cl2N5O2/c1-40-36(45)41-34-10-6-5-9-30(34)25-13-16-43(17-14-25)18-15-28(26-11-12-32(37)33(38)21-26)23-42(2)35(44)31-20-24(22-39)19-27-7-3-4-8-29(27)31/h3-12,19-21,25,28H,13-18,23H2,1-2H3,(H2,40,41,45)/t28-/m1/s1. The number of halogens is 2. The number of amides is 3. The molecule has 7 nitrogen and oxygen atoms in total. The zero-order valence-corrected chi connectivity index (χ0v) is 27.0. The molecule has 1 saturated heterocycles. The molecule has 1 aliphatic heterocycles. The second kappa shape index (κ2) is 14.8. The summed E-state index contributed by atoms with van der Waals surface area (Å²) in [7, 11) is 3.43. The molecule has 2 N–H and O–H groups in total. The van der Waals surface area contributed by atoms with Crippen molar-refractivity contribution in [1.82, 2.24) is 15.1 Å². The third-order valence-corrected chi connectivity index (χ3v) is 9.47. The zero-order valence-electron chi connectivity index (χ0n) is 25.5. The van der Waals surface area contributed by atoms with Crippen LogP contribution in [-0.4, -0.2) is 62.0 Å². The van der Waals surface area contributed by atoms with Crippen LogP contribution in [0.1, 0.15) is 58.1 Å². The molecule has 0 bridgehead atoms. The van der Waals surface area contributed by atoms with Crippen LogP contribution in [0.3, 0.4) is 0 Å². The summed E-state index contributed by atoms with van der Waals surface area (Å²) in [6.07, 6.45) is 2.81. The van der Waals surface area contributed by atoms with Crippen LogP contribution in [0.15, 0.2) is 78.9 Å². The minimum Gasteiger partial charge on any atom is -0.341 e. The summed E-state index contributed by atoms with van der Waals surface area (Å²) in [5.74, 6) is 0.260. The Balaban J connectivity index is 1.29. The molecule has 1 aliphatic rings. The molecule has 0 aliphatic carbocycles. The number of para-hydroxylation sites is 1. The molecule has 3 amide bonds. The number of likely N-dealkylation sites (N-methyl/N-ethyl adjacent to an activating group) is 1. The van der Waals surface area contributed by atoms with E-state index in [9.17, 15) is 14.9 Å².